The number of aliphatic hydroxyl groups is 1. The van der Waals surface area contributed by atoms with Crippen LogP contribution in [0, 0.1) is 5.92 Å². The van der Waals surface area contributed by atoms with E-state index >= 15 is 0 Å². The van der Waals surface area contributed by atoms with Crippen molar-refractivity contribution in [1.29, 1.82) is 0 Å². The summed E-state index contributed by atoms with van der Waals surface area (Å²) >= 11 is 3.56. The summed E-state index contributed by atoms with van der Waals surface area (Å²) in [6, 6.07) is 8.09. The van der Waals surface area contributed by atoms with E-state index < -0.39 is 0 Å². The molecule has 3 heteroatoms. The molecule has 19 heavy (non-hydrogen) atoms. The number of benzene rings is 1. The lowest BCUT2D eigenvalue weighted by molar-refractivity contribution is 0.105. The van der Waals surface area contributed by atoms with Crippen molar-refractivity contribution in [2.45, 2.75) is 50.5 Å². The van der Waals surface area contributed by atoms with Gasteiger partial charge in [0, 0.05) is 16.9 Å². The van der Waals surface area contributed by atoms with Crippen LogP contribution in [0.15, 0.2) is 28.7 Å². The molecule has 0 spiro atoms. The summed E-state index contributed by atoms with van der Waals surface area (Å²) < 4.78 is 1.05. The van der Waals surface area contributed by atoms with Gasteiger partial charge in [0.05, 0.1) is 6.10 Å². The number of hydrogen-bond acceptors (Lipinski definition) is 2. The minimum atomic E-state index is -0.327. The normalized spacial score (nSPS) is 20.2. The van der Waals surface area contributed by atoms with Crippen molar-refractivity contribution in [3.8, 4) is 0 Å². The molecule has 0 radical (unpaired) electrons. The zero-order valence-electron chi connectivity index (χ0n) is 11.4. The van der Waals surface area contributed by atoms with Crippen molar-refractivity contribution >= 4 is 15.9 Å². The third-order valence-electron chi connectivity index (χ3n) is 4.32. The largest absolute Gasteiger partial charge is 0.392 e. The van der Waals surface area contributed by atoms with E-state index in [0.717, 1.165) is 16.5 Å². The Bertz CT molecular complexity index is 390. The van der Waals surface area contributed by atoms with Gasteiger partial charge >= 0.3 is 0 Å². The van der Waals surface area contributed by atoms with E-state index in [1.54, 1.807) is 0 Å². The maximum atomic E-state index is 10.5. The minimum absolute atomic E-state index is 0.0394. The first kappa shape index (κ1) is 15.0. The van der Waals surface area contributed by atoms with Crippen LogP contribution in [-0.4, -0.2) is 17.8 Å². The smallest absolute Gasteiger partial charge is 0.0623 e. The van der Waals surface area contributed by atoms with Gasteiger partial charge in [-0.15, -0.1) is 0 Å². The molecule has 0 amide bonds. The van der Waals surface area contributed by atoms with Crippen molar-refractivity contribution < 1.29 is 5.11 Å². The summed E-state index contributed by atoms with van der Waals surface area (Å²) in [6.45, 7) is 0.497. The summed E-state index contributed by atoms with van der Waals surface area (Å²) in [5, 5.41) is 10.5. The van der Waals surface area contributed by atoms with Gasteiger partial charge in [-0.05, 0) is 24.0 Å². The maximum Gasteiger partial charge on any atom is 0.0623 e. The lowest BCUT2D eigenvalue weighted by Gasteiger charge is -2.28. The molecule has 0 bridgehead atoms. The van der Waals surface area contributed by atoms with E-state index in [9.17, 15) is 5.11 Å². The summed E-state index contributed by atoms with van der Waals surface area (Å²) in [4.78, 5) is 0. The molecule has 0 saturated heterocycles. The van der Waals surface area contributed by atoms with E-state index in [0.29, 0.717) is 12.5 Å². The van der Waals surface area contributed by atoms with Crippen LogP contribution in [0.3, 0.4) is 0 Å². The van der Waals surface area contributed by atoms with Gasteiger partial charge in [0.25, 0.3) is 0 Å². The van der Waals surface area contributed by atoms with Crippen molar-refractivity contribution in [2.24, 2.45) is 11.7 Å². The molecule has 106 valence electrons. The number of hydrogen-bond donors (Lipinski definition) is 2. The highest BCUT2D eigenvalue weighted by Gasteiger charge is 2.25. The van der Waals surface area contributed by atoms with E-state index in [-0.39, 0.29) is 12.0 Å². The summed E-state index contributed by atoms with van der Waals surface area (Å²) in [6.07, 6.45) is 7.10. The van der Waals surface area contributed by atoms with Gasteiger partial charge in [0.15, 0.2) is 0 Å². The molecule has 1 aliphatic rings. The molecule has 1 aromatic carbocycles. The Kier molecular flexibility index (Phi) is 5.86. The summed E-state index contributed by atoms with van der Waals surface area (Å²) in [7, 11) is 0. The fraction of sp³-hybridized carbons (Fsp3) is 0.625. The second kappa shape index (κ2) is 7.41. The molecule has 1 aliphatic carbocycles. The zero-order chi connectivity index (χ0) is 13.7. The molecule has 1 aromatic rings. The Morgan fingerprint density at radius 2 is 1.89 bits per heavy atom. The molecule has 2 rings (SSSR count). The van der Waals surface area contributed by atoms with E-state index in [1.165, 1.54) is 32.1 Å². The Morgan fingerprint density at radius 3 is 2.53 bits per heavy atom. The molecular weight excluding hydrogens is 302 g/mol. The fourth-order valence-corrected chi connectivity index (χ4v) is 3.77. The van der Waals surface area contributed by atoms with Gasteiger partial charge in [0.2, 0.25) is 0 Å². The van der Waals surface area contributed by atoms with Crippen molar-refractivity contribution in [1.82, 2.24) is 0 Å². The van der Waals surface area contributed by atoms with Crippen LogP contribution >= 0.6 is 15.9 Å². The number of nitrogens with two attached hydrogens (primary N) is 1. The topological polar surface area (TPSA) is 46.2 Å². The quantitative estimate of drug-likeness (QED) is 0.864. The maximum absolute atomic E-state index is 10.5. The molecule has 2 atom stereocenters. The summed E-state index contributed by atoms with van der Waals surface area (Å²) in [5.41, 5.74) is 7.03. The number of halogens is 1. The van der Waals surface area contributed by atoms with Crippen molar-refractivity contribution in [2.75, 3.05) is 6.54 Å². The van der Waals surface area contributed by atoms with E-state index in [2.05, 4.69) is 22.0 Å². The average Bonchev–Trinajstić information content (AvgIpc) is 2.43. The third-order valence-corrected chi connectivity index (χ3v) is 5.04. The second-order valence-corrected chi connectivity index (χ2v) is 6.53. The number of rotatable bonds is 5. The summed E-state index contributed by atoms with van der Waals surface area (Å²) in [5.74, 6) is 0.720. The SMILES string of the molecule is NCC(c1ccccc1Br)C(O)CC1CCCCC1. The molecule has 2 unspecified atom stereocenters. The molecule has 3 N–H and O–H groups in total. The van der Waals surface area contributed by atoms with Crippen molar-refractivity contribution in [3.63, 3.8) is 0 Å². The molecule has 0 heterocycles. The van der Waals surface area contributed by atoms with Gasteiger partial charge in [-0.1, -0.05) is 66.2 Å². The van der Waals surface area contributed by atoms with Gasteiger partial charge in [0.1, 0.15) is 0 Å². The van der Waals surface area contributed by atoms with Crippen LogP contribution in [-0.2, 0) is 0 Å². The predicted octanol–water partition coefficient (Wildman–Crippen LogP) is 3.82. The first-order valence-electron chi connectivity index (χ1n) is 7.35. The van der Waals surface area contributed by atoms with Crippen LogP contribution in [0.5, 0.6) is 0 Å². The van der Waals surface area contributed by atoms with Crippen LogP contribution in [0.2, 0.25) is 0 Å². The first-order valence-corrected chi connectivity index (χ1v) is 8.14. The Labute approximate surface area is 124 Å². The molecule has 1 fully saturated rings. The van der Waals surface area contributed by atoms with Crippen molar-refractivity contribution in [3.05, 3.63) is 34.3 Å². The van der Waals surface area contributed by atoms with Gasteiger partial charge < -0.3 is 10.8 Å². The van der Waals surface area contributed by atoms with Gasteiger partial charge in [-0.25, -0.2) is 0 Å². The van der Waals surface area contributed by atoms with Crippen LogP contribution in [0.4, 0.5) is 0 Å². The molecule has 0 aliphatic heterocycles. The third kappa shape index (κ3) is 4.04. The monoisotopic (exact) mass is 325 g/mol. The Hall–Kier alpha value is -0.380. The van der Waals surface area contributed by atoms with Gasteiger partial charge in [-0.2, -0.15) is 0 Å². The van der Waals surface area contributed by atoms with Gasteiger partial charge in [-0.3, -0.25) is 0 Å². The molecule has 1 saturated carbocycles. The predicted molar refractivity (Wildman–Crippen MR) is 83.1 cm³/mol. The molecular formula is C16H24BrNO. The first-order chi connectivity index (χ1) is 9.22. The fourth-order valence-electron chi connectivity index (χ4n) is 3.20. The Balaban J connectivity index is 2.02. The van der Waals surface area contributed by atoms with E-state index in [4.69, 9.17) is 5.73 Å². The van der Waals surface area contributed by atoms with Crippen LogP contribution in [0.1, 0.15) is 50.0 Å². The lowest BCUT2D eigenvalue weighted by Crippen LogP contribution is -2.28. The molecule has 0 aromatic heterocycles. The highest BCUT2D eigenvalue weighted by molar-refractivity contribution is 9.10. The minimum Gasteiger partial charge on any atom is -0.392 e. The zero-order valence-corrected chi connectivity index (χ0v) is 13.0. The van der Waals surface area contributed by atoms with Crippen LogP contribution in [0.25, 0.3) is 0 Å². The van der Waals surface area contributed by atoms with E-state index in [1.807, 2.05) is 18.2 Å². The second-order valence-electron chi connectivity index (χ2n) is 5.67. The highest BCUT2D eigenvalue weighted by Crippen LogP contribution is 2.33. The average molecular weight is 326 g/mol. The number of aliphatic hydroxyl groups excluding tert-OH is 1. The Morgan fingerprint density at radius 1 is 1.21 bits per heavy atom. The highest BCUT2D eigenvalue weighted by atomic mass is 79.9. The lowest BCUT2D eigenvalue weighted by atomic mass is 9.81. The standard InChI is InChI=1S/C16H24BrNO/c17-15-9-5-4-8-13(15)14(11-18)16(19)10-12-6-2-1-3-7-12/h4-5,8-9,12,14,16,19H,1-3,6-7,10-11,18H2. The van der Waals surface area contributed by atoms with Crippen LogP contribution < -0.4 is 5.73 Å². The molecule has 2 nitrogen and oxygen atoms in total.